The number of para-hydroxylation sites is 1. The molecule has 5 rings (SSSR count). The third-order valence-electron chi connectivity index (χ3n) is 6.25. The molecule has 2 aliphatic rings. The number of benzene rings is 3. The molecule has 2 atom stereocenters. The van der Waals surface area contributed by atoms with Crippen LogP contribution in [0.4, 0.5) is 10.5 Å². The summed E-state index contributed by atoms with van der Waals surface area (Å²) in [6, 6.07) is 21.2. The van der Waals surface area contributed by atoms with Gasteiger partial charge in [0, 0.05) is 28.3 Å². The van der Waals surface area contributed by atoms with Crippen LogP contribution in [0.25, 0.3) is 0 Å². The number of imide groups is 1. The maximum absolute atomic E-state index is 14.0. The Morgan fingerprint density at radius 2 is 1.84 bits per heavy atom. The molecular weight excluding hydrogens is 424 g/mol. The van der Waals surface area contributed by atoms with Crippen LogP contribution in [0.1, 0.15) is 47.8 Å². The van der Waals surface area contributed by atoms with Gasteiger partial charge in [0.2, 0.25) is 0 Å². The molecular formula is C26H23ClN2O3. The second-order valence-electron chi connectivity index (χ2n) is 8.36. The zero-order valence-electron chi connectivity index (χ0n) is 17.9. The lowest BCUT2D eigenvalue weighted by molar-refractivity contribution is 0.00268. The van der Waals surface area contributed by atoms with Crippen molar-refractivity contribution < 1.29 is 14.3 Å². The lowest BCUT2D eigenvalue weighted by atomic mass is 9.88. The van der Waals surface area contributed by atoms with Gasteiger partial charge in [0.15, 0.2) is 5.72 Å². The molecule has 2 bridgehead atoms. The van der Waals surface area contributed by atoms with Crippen LogP contribution in [0.15, 0.2) is 72.8 Å². The van der Waals surface area contributed by atoms with Crippen LogP contribution in [0, 0.1) is 0 Å². The molecule has 0 spiro atoms. The number of carbonyl (C=O) groups excluding carboxylic acids is 2. The summed E-state index contributed by atoms with van der Waals surface area (Å²) >= 11 is 6.02. The van der Waals surface area contributed by atoms with E-state index >= 15 is 0 Å². The number of hydrogen-bond donors (Lipinski definition) is 0. The van der Waals surface area contributed by atoms with Gasteiger partial charge >= 0.3 is 6.03 Å². The van der Waals surface area contributed by atoms with Gasteiger partial charge in [0.25, 0.3) is 5.91 Å². The van der Waals surface area contributed by atoms with Crippen molar-refractivity contribution >= 4 is 29.2 Å². The minimum Gasteiger partial charge on any atom is -0.467 e. The summed E-state index contributed by atoms with van der Waals surface area (Å²) in [7, 11) is 0. The van der Waals surface area contributed by atoms with E-state index in [2.05, 4.69) is 6.92 Å². The van der Waals surface area contributed by atoms with Gasteiger partial charge in [0.05, 0.1) is 6.04 Å². The van der Waals surface area contributed by atoms with Gasteiger partial charge < -0.3 is 4.74 Å². The van der Waals surface area contributed by atoms with Gasteiger partial charge in [-0.15, -0.1) is 0 Å². The number of amides is 3. The van der Waals surface area contributed by atoms with Gasteiger partial charge in [-0.3, -0.25) is 14.6 Å². The molecule has 6 heteroatoms. The summed E-state index contributed by atoms with van der Waals surface area (Å²) in [5.41, 5.74) is 2.15. The summed E-state index contributed by atoms with van der Waals surface area (Å²) in [6.07, 6.45) is 1.30. The zero-order valence-corrected chi connectivity index (χ0v) is 18.7. The number of aryl methyl sites for hydroxylation is 1. The first-order chi connectivity index (χ1) is 15.4. The third kappa shape index (κ3) is 3.24. The molecule has 32 heavy (non-hydrogen) atoms. The Hall–Kier alpha value is -3.31. The molecule has 3 amide bonds. The smallest absolute Gasteiger partial charge is 0.335 e. The topological polar surface area (TPSA) is 49.9 Å². The van der Waals surface area contributed by atoms with Crippen LogP contribution in [0.5, 0.6) is 5.75 Å². The SMILES string of the molecule is CCc1cccc(N2C(=O)N(C(=O)c3ccc(Cl)cc3)[C@H]3C[C@]2(C)Oc2ccccc23)c1. The van der Waals surface area contributed by atoms with E-state index in [1.807, 2.05) is 55.5 Å². The maximum Gasteiger partial charge on any atom is 0.335 e. The minimum absolute atomic E-state index is 0.355. The predicted octanol–water partition coefficient (Wildman–Crippen LogP) is 6.22. The van der Waals surface area contributed by atoms with Gasteiger partial charge in [-0.05, 0) is 61.4 Å². The average molecular weight is 447 g/mol. The number of fused-ring (bicyclic) bond motifs is 4. The number of halogens is 1. The van der Waals surface area contributed by atoms with E-state index in [1.54, 1.807) is 29.2 Å². The van der Waals surface area contributed by atoms with Crippen LogP contribution >= 0.6 is 11.6 Å². The van der Waals surface area contributed by atoms with E-state index in [0.717, 1.165) is 17.5 Å². The fourth-order valence-electron chi connectivity index (χ4n) is 4.67. The predicted molar refractivity (Wildman–Crippen MR) is 124 cm³/mol. The van der Waals surface area contributed by atoms with Crippen LogP contribution in [0.2, 0.25) is 5.02 Å². The Balaban J connectivity index is 1.66. The molecule has 0 radical (unpaired) electrons. The van der Waals surface area contributed by atoms with Crippen LogP contribution < -0.4 is 9.64 Å². The largest absolute Gasteiger partial charge is 0.467 e. The van der Waals surface area contributed by atoms with Crippen molar-refractivity contribution in [1.29, 1.82) is 0 Å². The Labute approximate surface area is 192 Å². The van der Waals surface area contributed by atoms with Crippen molar-refractivity contribution in [3.05, 3.63) is 94.5 Å². The highest BCUT2D eigenvalue weighted by Gasteiger charge is 2.55. The quantitative estimate of drug-likeness (QED) is 0.479. The monoisotopic (exact) mass is 446 g/mol. The molecule has 0 aromatic heterocycles. The molecule has 1 fully saturated rings. The van der Waals surface area contributed by atoms with Gasteiger partial charge in [-0.2, -0.15) is 0 Å². The van der Waals surface area contributed by atoms with Crippen molar-refractivity contribution in [2.45, 2.75) is 38.5 Å². The molecule has 0 saturated carbocycles. The molecule has 1 saturated heterocycles. The second-order valence-corrected chi connectivity index (χ2v) is 8.79. The van der Waals surface area contributed by atoms with Gasteiger partial charge in [0.1, 0.15) is 5.75 Å². The van der Waals surface area contributed by atoms with Crippen LogP contribution in [0.3, 0.4) is 0 Å². The van der Waals surface area contributed by atoms with Crippen molar-refractivity contribution in [3.8, 4) is 5.75 Å². The van der Waals surface area contributed by atoms with Gasteiger partial charge in [-0.1, -0.05) is 48.9 Å². The first-order valence-corrected chi connectivity index (χ1v) is 11.1. The second kappa shape index (κ2) is 7.68. The molecule has 2 heterocycles. The van der Waals surface area contributed by atoms with Crippen molar-refractivity contribution in [1.82, 2.24) is 4.90 Å². The number of anilines is 1. The highest BCUT2D eigenvalue weighted by Crippen LogP contribution is 2.49. The first-order valence-electron chi connectivity index (χ1n) is 10.7. The molecule has 0 N–H and O–H groups in total. The Kier molecular flexibility index (Phi) is 4.94. The summed E-state index contributed by atoms with van der Waals surface area (Å²) in [5, 5.41) is 0.536. The normalized spacial score (nSPS) is 21.7. The number of rotatable bonds is 3. The third-order valence-corrected chi connectivity index (χ3v) is 6.50. The van der Waals surface area contributed by atoms with E-state index in [0.29, 0.717) is 28.4 Å². The van der Waals surface area contributed by atoms with Gasteiger partial charge in [-0.25, -0.2) is 4.79 Å². The number of carbonyl (C=O) groups is 2. The van der Waals surface area contributed by atoms with Crippen molar-refractivity contribution in [2.24, 2.45) is 0 Å². The lowest BCUT2D eigenvalue weighted by Gasteiger charge is -2.53. The zero-order chi connectivity index (χ0) is 22.5. The van der Waals surface area contributed by atoms with E-state index in [4.69, 9.17) is 16.3 Å². The van der Waals surface area contributed by atoms with E-state index in [-0.39, 0.29) is 5.91 Å². The molecule has 0 unspecified atom stereocenters. The molecule has 162 valence electrons. The first kappa shape index (κ1) is 20.6. The van der Waals surface area contributed by atoms with E-state index in [9.17, 15) is 9.59 Å². The molecule has 5 nitrogen and oxygen atoms in total. The maximum atomic E-state index is 14.0. The number of ether oxygens (including phenoxy) is 1. The number of nitrogens with zero attached hydrogens (tertiary/aromatic N) is 2. The van der Waals surface area contributed by atoms with E-state index in [1.165, 1.54) is 4.90 Å². The Bertz CT molecular complexity index is 1210. The van der Waals surface area contributed by atoms with Crippen molar-refractivity contribution in [2.75, 3.05) is 4.90 Å². The van der Waals surface area contributed by atoms with E-state index < -0.39 is 17.8 Å². The highest BCUT2D eigenvalue weighted by atomic mass is 35.5. The molecule has 3 aromatic rings. The van der Waals surface area contributed by atoms with Crippen molar-refractivity contribution in [3.63, 3.8) is 0 Å². The molecule has 0 aliphatic carbocycles. The fraction of sp³-hybridized carbons (Fsp3) is 0.231. The average Bonchev–Trinajstić information content (AvgIpc) is 2.79. The standard InChI is InChI=1S/C26H23ClN2O3/c1-3-17-7-6-8-20(15-17)29-25(31)28(24(30)18-11-13-19(27)14-12-18)22-16-26(29,2)32-23-10-5-4-9-21(22)23/h4-15,22H,3,16H2,1-2H3/t22-,26-/m0/s1. The molecule has 3 aromatic carbocycles. The minimum atomic E-state index is -0.917. The number of urea groups is 1. The Morgan fingerprint density at radius 1 is 1.09 bits per heavy atom. The van der Waals surface area contributed by atoms with Crippen LogP contribution in [-0.4, -0.2) is 22.6 Å². The molecule has 2 aliphatic heterocycles. The summed E-state index contributed by atoms with van der Waals surface area (Å²) in [6.45, 7) is 3.98. The van der Waals surface area contributed by atoms with Crippen LogP contribution in [-0.2, 0) is 6.42 Å². The summed E-state index contributed by atoms with van der Waals surface area (Å²) in [5.74, 6) is 0.330. The summed E-state index contributed by atoms with van der Waals surface area (Å²) < 4.78 is 6.40. The fourth-order valence-corrected chi connectivity index (χ4v) is 4.79. The summed E-state index contributed by atoms with van der Waals surface area (Å²) in [4.78, 5) is 30.6. The number of hydrogen-bond acceptors (Lipinski definition) is 3. The Morgan fingerprint density at radius 3 is 2.59 bits per heavy atom. The highest BCUT2D eigenvalue weighted by molar-refractivity contribution is 6.30. The lowest BCUT2D eigenvalue weighted by Crippen LogP contribution is -2.67.